The summed E-state index contributed by atoms with van der Waals surface area (Å²) in [5, 5.41) is 0. The number of aromatic nitrogens is 2. The van der Waals surface area contributed by atoms with E-state index in [9.17, 15) is 0 Å². The van der Waals surface area contributed by atoms with Crippen molar-refractivity contribution in [3.63, 3.8) is 0 Å². The summed E-state index contributed by atoms with van der Waals surface area (Å²) < 4.78 is 0. The van der Waals surface area contributed by atoms with Crippen molar-refractivity contribution < 1.29 is 0 Å². The predicted octanol–water partition coefficient (Wildman–Crippen LogP) is 1.47. The molecule has 0 atom stereocenters. The molecule has 0 spiro atoms. The van der Waals surface area contributed by atoms with E-state index in [-0.39, 0.29) is 0 Å². The van der Waals surface area contributed by atoms with E-state index in [0.717, 1.165) is 24.7 Å². The van der Waals surface area contributed by atoms with Gasteiger partial charge in [0.05, 0.1) is 0 Å². The van der Waals surface area contributed by atoms with Crippen LogP contribution in [0.5, 0.6) is 0 Å². The first-order valence-corrected chi connectivity index (χ1v) is 7.30. The van der Waals surface area contributed by atoms with Gasteiger partial charge in [0.15, 0.2) is 0 Å². The normalized spacial score (nSPS) is 19.8. The number of hydrogen-bond donors (Lipinski definition) is 1. The zero-order chi connectivity index (χ0) is 13.2. The summed E-state index contributed by atoms with van der Waals surface area (Å²) in [6.07, 6.45) is 5.10. The minimum atomic E-state index is 0.550. The molecule has 3 rings (SSSR count). The molecule has 0 aromatic carbocycles. The van der Waals surface area contributed by atoms with Gasteiger partial charge in [0, 0.05) is 32.1 Å². The Balaban J connectivity index is 1.62. The molecule has 0 bridgehead atoms. The Hall–Kier alpha value is -1.36. The van der Waals surface area contributed by atoms with Crippen LogP contribution in [0, 0.1) is 0 Å². The Bertz CT molecular complexity index is 437. The Labute approximate surface area is 114 Å². The van der Waals surface area contributed by atoms with Crippen molar-refractivity contribution in [3.05, 3.63) is 11.9 Å². The first-order valence-electron chi connectivity index (χ1n) is 7.30. The van der Waals surface area contributed by atoms with E-state index in [1.54, 1.807) is 0 Å². The molecular formula is C14H23N5. The molecule has 0 unspecified atom stereocenters. The molecule has 2 aliphatic rings. The van der Waals surface area contributed by atoms with Gasteiger partial charge in [-0.05, 0) is 38.8 Å². The number of nitrogen functional groups attached to an aromatic ring is 1. The fourth-order valence-corrected chi connectivity index (χ4v) is 2.60. The van der Waals surface area contributed by atoms with Crippen molar-refractivity contribution in [2.24, 2.45) is 0 Å². The number of anilines is 2. The monoisotopic (exact) mass is 261 g/mol. The molecule has 104 valence electrons. The fraction of sp³-hybridized carbons (Fsp3) is 0.714. The second-order valence-corrected chi connectivity index (χ2v) is 5.75. The summed E-state index contributed by atoms with van der Waals surface area (Å²) in [6.45, 7) is 4.60. The maximum absolute atomic E-state index is 5.89. The fourth-order valence-electron chi connectivity index (χ4n) is 2.60. The van der Waals surface area contributed by atoms with E-state index in [4.69, 9.17) is 5.73 Å². The van der Waals surface area contributed by atoms with Gasteiger partial charge in [-0.1, -0.05) is 0 Å². The van der Waals surface area contributed by atoms with E-state index in [2.05, 4.69) is 26.8 Å². The lowest BCUT2D eigenvalue weighted by Gasteiger charge is -2.22. The molecule has 2 heterocycles. The van der Waals surface area contributed by atoms with Crippen molar-refractivity contribution in [1.29, 1.82) is 0 Å². The Morgan fingerprint density at radius 3 is 2.74 bits per heavy atom. The third-order valence-electron chi connectivity index (χ3n) is 4.03. The average molecular weight is 261 g/mol. The minimum absolute atomic E-state index is 0.550. The Morgan fingerprint density at radius 1 is 1.32 bits per heavy atom. The molecule has 1 saturated carbocycles. The number of likely N-dealkylation sites (tertiary alicyclic amines) is 1. The van der Waals surface area contributed by atoms with E-state index in [1.165, 1.54) is 38.8 Å². The van der Waals surface area contributed by atoms with E-state index >= 15 is 0 Å². The number of hydrogen-bond acceptors (Lipinski definition) is 5. The van der Waals surface area contributed by atoms with Crippen LogP contribution in [0.15, 0.2) is 6.07 Å². The molecular weight excluding hydrogens is 238 g/mol. The highest BCUT2D eigenvalue weighted by atomic mass is 15.2. The standard InChI is InChI=1S/C14H23N5/c1-18(8-9-19-6-2-3-7-19)13-10-12(15)16-14(17-13)11-4-5-11/h10-11H,2-9H2,1H3,(H2,15,16,17). The molecule has 1 aliphatic carbocycles. The third-order valence-corrected chi connectivity index (χ3v) is 4.03. The van der Waals surface area contributed by atoms with Gasteiger partial charge in [0.25, 0.3) is 0 Å². The van der Waals surface area contributed by atoms with Gasteiger partial charge >= 0.3 is 0 Å². The minimum Gasteiger partial charge on any atom is -0.384 e. The summed E-state index contributed by atoms with van der Waals surface area (Å²) >= 11 is 0. The highest BCUT2D eigenvalue weighted by molar-refractivity contribution is 5.47. The number of nitrogens with two attached hydrogens (primary N) is 1. The first-order chi connectivity index (χ1) is 9.22. The predicted molar refractivity (Wildman–Crippen MR) is 77.4 cm³/mol. The lowest BCUT2D eigenvalue weighted by molar-refractivity contribution is 0.346. The van der Waals surface area contributed by atoms with Crippen LogP contribution in [-0.4, -0.2) is 48.1 Å². The van der Waals surface area contributed by atoms with Crippen LogP contribution in [0.3, 0.4) is 0 Å². The van der Waals surface area contributed by atoms with Crippen molar-refractivity contribution >= 4 is 11.6 Å². The second-order valence-electron chi connectivity index (χ2n) is 5.75. The topological polar surface area (TPSA) is 58.3 Å². The summed E-state index contributed by atoms with van der Waals surface area (Å²) in [4.78, 5) is 13.7. The van der Waals surface area contributed by atoms with Gasteiger partial charge < -0.3 is 15.5 Å². The van der Waals surface area contributed by atoms with Gasteiger partial charge in [0.1, 0.15) is 17.5 Å². The molecule has 5 nitrogen and oxygen atoms in total. The van der Waals surface area contributed by atoms with Crippen LogP contribution in [0.1, 0.15) is 37.4 Å². The van der Waals surface area contributed by atoms with E-state index < -0.39 is 0 Å². The maximum Gasteiger partial charge on any atom is 0.136 e. The molecule has 1 aliphatic heterocycles. The van der Waals surface area contributed by atoms with Crippen LogP contribution in [0.4, 0.5) is 11.6 Å². The van der Waals surface area contributed by atoms with Crippen molar-refractivity contribution in [2.45, 2.75) is 31.6 Å². The first kappa shape index (κ1) is 12.7. The summed E-state index contributed by atoms with van der Waals surface area (Å²) in [5.74, 6) is 3.05. The maximum atomic E-state index is 5.89. The zero-order valence-electron chi connectivity index (χ0n) is 11.7. The van der Waals surface area contributed by atoms with Crippen LogP contribution < -0.4 is 10.6 Å². The molecule has 1 aromatic rings. The number of rotatable bonds is 5. The van der Waals surface area contributed by atoms with Crippen LogP contribution in [0.2, 0.25) is 0 Å². The smallest absolute Gasteiger partial charge is 0.136 e. The third kappa shape index (κ3) is 3.15. The Kier molecular flexibility index (Phi) is 3.55. The van der Waals surface area contributed by atoms with Crippen LogP contribution in [-0.2, 0) is 0 Å². The number of nitrogens with zero attached hydrogens (tertiary/aromatic N) is 4. The zero-order valence-corrected chi connectivity index (χ0v) is 11.7. The molecule has 1 saturated heterocycles. The molecule has 2 N–H and O–H groups in total. The lowest BCUT2D eigenvalue weighted by atomic mass is 10.3. The van der Waals surface area contributed by atoms with Crippen molar-refractivity contribution in [3.8, 4) is 0 Å². The summed E-state index contributed by atoms with van der Waals surface area (Å²) in [7, 11) is 2.09. The van der Waals surface area contributed by atoms with Gasteiger partial charge in [-0.2, -0.15) is 0 Å². The molecule has 0 amide bonds. The average Bonchev–Trinajstić information content (AvgIpc) is 3.13. The molecule has 1 aromatic heterocycles. The number of likely N-dealkylation sites (N-methyl/N-ethyl adjacent to an activating group) is 1. The van der Waals surface area contributed by atoms with E-state index in [0.29, 0.717) is 11.7 Å². The SMILES string of the molecule is CN(CCN1CCCC1)c1cc(N)nc(C2CC2)n1. The molecule has 19 heavy (non-hydrogen) atoms. The summed E-state index contributed by atoms with van der Waals surface area (Å²) in [6, 6.07) is 1.88. The quantitative estimate of drug-likeness (QED) is 0.869. The molecule has 0 radical (unpaired) electrons. The second kappa shape index (κ2) is 5.33. The van der Waals surface area contributed by atoms with Gasteiger partial charge in [-0.15, -0.1) is 0 Å². The van der Waals surface area contributed by atoms with Crippen LogP contribution in [0.25, 0.3) is 0 Å². The van der Waals surface area contributed by atoms with Gasteiger partial charge in [-0.25, -0.2) is 9.97 Å². The van der Waals surface area contributed by atoms with Gasteiger partial charge in [-0.3, -0.25) is 0 Å². The van der Waals surface area contributed by atoms with Crippen molar-refractivity contribution in [2.75, 3.05) is 43.9 Å². The molecule has 5 heteroatoms. The highest BCUT2D eigenvalue weighted by Gasteiger charge is 2.27. The van der Waals surface area contributed by atoms with Crippen molar-refractivity contribution in [1.82, 2.24) is 14.9 Å². The highest BCUT2D eigenvalue weighted by Crippen LogP contribution is 2.38. The van der Waals surface area contributed by atoms with Crippen LogP contribution >= 0.6 is 0 Å². The van der Waals surface area contributed by atoms with E-state index in [1.807, 2.05) is 6.07 Å². The summed E-state index contributed by atoms with van der Waals surface area (Å²) in [5.41, 5.74) is 5.89. The Morgan fingerprint density at radius 2 is 2.05 bits per heavy atom. The molecule has 2 fully saturated rings. The van der Waals surface area contributed by atoms with Gasteiger partial charge in [0.2, 0.25) is 0 Å². The lowest BCUT2D eigenvalue weighted by Crippen LogP contribution is -2.32. The largest absolute Gasteiger partial charge is 0.384 e.